The van der Waals surface area contributed by atoms with Gasteiger partial charge in [-0.05, 0) is 31.0 Å². The van der Waals surface area contributed by atoms with Crippen molar-refractivity contribution in [1.82, 2.24) is 5.32 Å². The van der Waals surface area contributed by atoms with Gasteiger partial charge in [0.2, 0.25) is 0 Å². The van der Waals surface area contributed by atoms with Crippen molar-refractivity contribution >= 4 is 11.3 Å². The number of hydrogen-bond acceptors (Lipinski definition) is 2. The van der Waals surface area contributed by atoms with Crippen LogP contribution >= 0.6 is 11.3 Å². The standard InChI is InChI=1S/C16H18F3NS/c1-11-8-14(21-12(11)2)10-20-15(9-16(17,18)19)13-6-4-3-5-7-13/h3-8,15,20H,9-10H2,1-2H3. The molecule has 1 aromatic carbocycles. The molecule has 5 heteroatoms. The molecule has 0 saturated heterocycles. The average Bonchev–Trinajstić information content (AvgIpc) is 2.73. The van der Waals surface area contributed by atoms with E-state index in [1.165, 1.54) is 10.4 Å². The lowest BCUT2D eigenvalue weighted by atomic mass is 10.0. The van der Waals surface area contributed by atoms with Gasteiger partial charge in [-0.1, -0.05) is 30.3 Å². The highest BCUT2D eigenvalue weighted by Crippen LogP contribution is 2.30. The summed E-state index contributed by atoms with van der Waals surface area (Å²) in [6, 6.07) is 10.1. The third-order valence-corrected chi connectivity index (χ3v) is 4.53. The molecule has 0 spiro atoms. The van der Waals surface area contributed by atoms with Gasteiger partial charge < -0.3 is 5.32 Å². The lowest BCUT2D eigenvalue weighted by Gasteiger charge is -2.20. The average molecular weight is 313 g/mol. The Morgan fingerprint density at radius 3 is 2.33 bits per heavy atom. The van der Waals surface area contributed by atoms with E-state index in [9.17, 15) is 13.2 Å². The number of rotatable bonds is 5. The van der Waals surface area contributed by atoms with Gasteiger partial charge in [-0.3, -0.25) is 0 Å². The second-order valence-corrected chi connectivity index (χ2v) is 6.46. The van der Waals surface area contributed by atoms with Crippen LogP contribution in [-0.2, 0) is 6.54 Å². The minimum atomic E-state index is -4.19. The van der Waals surface area contributed by atoms with Gasteiger partial charge in [0.05, 0.1) is 6.42 Å². The predicted octanol–water partition coefficient (Wildman–Crippen LogP) is 5.15. The number of aryl methyl sites for hydroxylation is 2. The number of alkyl halides is 3. The van der Waals surface area contributed by atoms with Crippen LogP contribution in [0, 0.1) is 13.8 Å². The van der Waals surface area contributed by atoms with E-state index < -0.39 is 18.6 Å². The number of halogens is 3. The van der Waals surface area contributed by atoms with Gasteiger partial charge in [-0.2, -0.15) is 13.2 Å². The number of nitrogens with one attached hydrogen (secondary N) is 1. The van der Waals surface area contributed by atoms with Crippen molar-refractivity contribution in [2.24, 2.45) is 0 Å². The SMILES string of the molecule is Cc1cc(CNC(CC(F)(F)F)c2ccccc2)sc1C. The van der Waals surface area contributed by atoms with Crippen LogP contribution in [0.5, 0.6) is 0 Å². The fourth-order valence-corrected chi connectivity index (χ4v) is 3.19. The van der Waals surface area contributed by atoms with Gasteiger partial charge in [0.1, 0.15) is 0 Å². The number of hydrogen-bond donors (Lipinski definition) is 1. The second kappa shape index (κ2) is 6.62. The number of thiophene rings is 1. The van der Waals surface area contributed by atoms with Crippen LogP contribution in [0.15, 0.2) is 36.4 Å². The maximum atomic E-state index is 12.7. The van der Waals surface area contributed by atoms with Crippen LogP contribution in [0.4, 0.5) is 13.2 Å². The highest BCUT2D eigenvalue weighted by Gasteiger charge is 2.32. The Balaban J connectivity index is 2.09. The molecule has 0 radical (unpaired) electrons. The van der Waals surface area contributed by atoms with Crippen LogP contribution in [0.2, 0.25) is 0 Å². The van der Waals surface area contributed by atoms with Crippen molar-refractivity contribution < 1.29 is 13.2 Å². The smallest absolute Gasteiger partial charge is 0.305 e. The summed E-state index contributed by atoms with van der Waals surface area (Å²) < 4.78 is 38.2. The Bertz CT molecular complexity index is 555. The van der Waals surface area contributed by atoms with Crippen molar-refractivity contribution in [3.8, 4) is 0 Å². The molecule has 114 valence electrons. The summed E-state index contributed by atoms with van der Waals surface area (Å²) in [6.07, 6.45) is -5.05. The van der Waals surface area contributed by atoms with Crippen molar-refractivity contribution in [2.45, 2.75) is 39.0 Å². The van der Waals surface area contributed by atoms with Crippen molar-refractivity contribution in [3.05, 3.63) is 57.3 Å². The maximum absolute atomic E-state index is 12.7. The summed E-state index contributed by atoms with van der Waals surface area (Å²) in [5.74, 6) is 0. The summed E-state index contributed by atoms with van der Waals surface area (Å²) in [6.45, 7) is 4.49. The molecule has 1 nitrogen and oxygen atoms in total. The Morgan fingerprint density at radius 2 is 1.81 bits per heavy atom. The van der Waals surface area contributed by atoms with E-state index in [0.717, 1.165) is 4.88 Å². The highest BCUT2D eigenvalue weighted by atomic mass is 32.1. The molecule has 2 aromatic rings. The first-order chi connectivity index (χ1) is 9.85. The zero-order chi connectivity index (χ0) is 15.5. The summed E-state index contributed by atoms with van der Waals surface area (Å²) in [7, 11) is 0. The minimum Gasteiger partial charge on any atom is -0.305 e. The van der Waals surface area contributed by atoms with E-state index in [0.29, 0.717) is 12.1 Å². The normalized spacial score (nSPS) is 13.4. The minimum absolute atomic E-state index is 0.453. The van der Waals surface area contributed by atoms with Crippen LogP contribution in [0.25, 0.3) is 0 Å². The Morgan fingerprint density at radius 1 is 1.14 bits per heavy atom. The molecule has 21 heavy (non-hydrogen) atoms. The first kappa shape index (κ1) is 16.0. The fraction of sp³-hybridized carbons (Fsp3) is 0.375. The van der Waals surface area contributed by atoms with Crippen LogP contribution in [0.1, 0.15) is 33.3 Å². The molecular formula is C16H18F3NS. The third-order valence-electron chi connectivity index (χ3n) is 3.38. The van der Waals surface area contributed by atoms with Crippen molar-refractivity contribution in [1.29, 1.82) is 0 Å². The zero-order valence-electron chi connectivity index (χ0n) is 12.0. The molecule has 0 bridgehead atoms. The van der Waals surface area contributed by atoms with Gasteiger partial charge in [0, 0.05) is 22.3 Å². The van der Waals surface area contributed by atoms with E-state index in [1.807, 2.05) is 19.9 Å². The molecule has 1 atom stereocenters. The van der Waals surface area contributed by atoms with Crippen LogP contribution < -0.4 is 5.32 Å². The Kier molecular flexibility index (Phi) is 5.06. The van der Waals surface area contributed by atoms with Gasteiger partial charge in [-0.15, -0.1) is 11.3 Å². The molecule has 1 unspecified atom stereocenters. The predicted molar refractivity (Wildman–Crippen MR) is 80.5 cm³/mol. The van der Waals surface area contributed by atoms with Crippen molar-refractivity contribution in [3.63, 3.8) is 0 Å². The molecule has 0 amide bonds. The molecule has 1 N–H and O–H groups in total. The second-order valence-electron chi connectivity index (χ2n) is 5.12. The van der Waals surface area contributed by atoms with Crippen molar-refractivity contribution in [2.75, 3.05) is 0 Å². The summed E-state index contributed by atoms with van der Waals surface area (Å²) >= 11 is 1.63. The van der Waals surface area contributed by atoms with E-state index >= 15 is 0 Å². The molecular weight excluding hydrogens is 295 g/mol. The van der Waals surface area contributed by atoms with E-state index in [2.05, 4.69) is 5.32 Å². The zero-order valence-corrected chi connectivity index (χ0v) is 12.8. The molecule has 0 aliphatic carbocycles. The Labute approximate surface area is 126 Å². The molecule has 0 aliphatic heterocycles. The first-order valence-electron chi connectivity index (χ1n) is 6.76. The molecule has 0 saturated carbocycles. The van der Waals surface area contributed by atoms with Gasteiger partial charge in [0.25, 0.3) is 0 Å². The van der Waals surface area contributed by atoms with Crippen LogP contribution in [0.3, 0.4) is 0 Å². The summed E-state index contributed by atoms with van der Waals surface area (Å²) in [5, 5.41) is 3.04. The maximum Gasteiger partial charge on any atom is 0.390 e. The molecule has 0 aliphatic rings. The van der Waals surface area contributed by atoms with Gasteiger partial charge in [0.15, 0.2) is 0 Å². The lowest BCUT2D eigenvalue weighted by molar-refractivity contribution is -0.140. The molecule has 1 aromatic heterocycles. The van der Waals surface area contributed by atoms with Gasteiger partial charge >= 0.3 is 6.18 Å². The molecule has 1 heterocycles. The quantitative estimate of drug-likeness (QED) is 0.805. The van der Waals surface area contributed by atoms with Crippen LogP contribution in [-0.4, -0.2) is 6.18 Å². The van der Waals surface area contributed by atoms with Gasteiger partial charge in [-0.25, -0.2) is 0 Å². The van der Waals surface area contributed by atoms with E-state index in [-0.39, 0.29) is 0 Å². The summed E-state index contributed by atoms with van der Waals surface area (Å²) in [5.41, 5.74) is 1.85. The largest absolute Gasteiger partial charge is 0.390 e. The third kappa shape index (κ3) is 4.86. The number of benzene rings is 1. The highest BCUT2D eigenvalue weighted by molar-refractivity contribution is 7.12. The topological polar surface area (TPSA) is 12.0 Å². The fourth-order valence-electron chi connectivity index (χ4n) is 2.19. The lowest BCUT2D eigenvalue weighted by Crippen LogP contribution is -2.26. The first-order valence-corrected chi connectivity index (χ1v) is 7.58. The molecule has 2 rings (SSSR count). The summed E-state index contributed by atoms with van der Waals surface area (Å²) in [4.78, 5) is 2.27. The molecule has 0 fully saturated rings. The van der Waals surface area contributed by atoms with E-state index in [1.54, 1.807) is 41.7 Å². The Hall–Kier alpha value is -1.33. The monoisotopic (exact) mass is 313 g/mol. The van der Waals surface area contributed by atoms with E-state index in [4.69, 9.17) is 0 Å².